The summed E-state index contributed by atoms with van der Waals surface area (Å²) in [5.41, 5.74) is 1.65. The zero-order valence-corrected chi connectivity index (χ0v) is 9.60. The van der Waals surface area contributed by atoms with Crippen molar-refractivity contribution in [2.24, 2.45) is 7.05 Å². The summed E-state index contributed by atoms with van der Waals surface area (Å²) in [5, 5.41) is 21.0. The molecule has 0 aliphatic rings. The number of aliphatic hydroxyl groups is 1. The Bertz CT molecular complexity index is 368. The number of nitriles is 1. The van der Waals surface area contributed by atoms with Gasteiger partial charge in [0.2, 0.25) is 0 Å². The lowest BCUT2D eigenvalue weighted by Gasteiger charge is -2.14. The van der Waals surface area contributed by atoms with Crippen LogP contribution in [0.1, 0.15) is 11.3 Å². The van der Waals surface area contributed by atoms with Crippen LogP contribution < -0.4 is 5.32 Å². The fraction of sp³-hybridized carbons (Fsp3) is 0.545. The largest absolute Gasteiger partial charge is 0.395 e. The maximum Gasteiger partial charge on any atom is 0.120 e. The minimum atomic E-state index is -0.0734. The summed E-state index contributed by atoms with van der Waals surface area (Å²) in [6, 6.07) is 3.86. The van der Waals surface area contributed by atoms with Crippen LogP contribution in [-0.2, 0) is 18.3 Å². The molecule has 0 aliphatic carbocycles. The first-order valence-electron chi connectivity index (χ1n) is 5.09. The van der Waals surface area contributed by atoms with Gasteiger partial charge in [0, 0.05) is 26.9 Å². The number of nitrogens with zero attached hydrogens (tertiary/aromatic N) is 2. The standard InChI is InChI=1S/C11H17N3O2/c1-14-6-9(3-11(14)4-12)5-13-10(7-15)8-16-2/h3,6,10,13,15H,5,7-8H2,1-2H3. The maximum atomic E-state index is 9.04. The summed E-state index contributed by atoms with van der Waals surface area (Å²) in [7, 11) is 3.43. The summed E-state index contributed by atoms with van der Waals surface area (Å²) in [6.45, 7) is 1.12. The van der Waals surface area contributed by atoms with Crippen molar-refractivity contribution in [1.29, 1.82) is 5.26 Å². The topological polar surface area (TPSA) is 70.2 Å². The van der Waals surface area contributed by atoms with E-state index in [1.54, 1.807) is 11.7 Å². The number of methoxy groups -OCH3 is 1. The zero-order chi connectivity index (χ0) is 12.0. The Balaban J connectivity index is 2.50. The predicted octanol–water partition coefficient (Wildman–Crippen LogP) is -0.00632. The molecule has 1 aromatic rings. The highest BCUT2D eigenvalue weighted by atomic mass is 16.5. The van der Waals surface area contributed by atoms with E-state index >= 15 is 0 Å². The third-order valence-corrected chi connectivity index (χ3v) is 2.36. The molecule has 0 amide bonds. The SMILES string of the molecule is COCC(CO)NCc1cc(C#N)n(C)c1. The molecule has 16 heavy (non-hydrogen) atoms. The van der Waals surface area contributed by atoms with Gasteiger partial charge < -0.3 is 19.7 Å². The monoisotopic (exact) mass is 223 g/mol. The molecule has 1 heterocycles. The van der Waals surface area contributed by atoms with Crippen LogP contribution in [0.25, 0.3) is 0 Å². The fourth-order valence-corrected chi connectivity index (χ4v) is 1.48. The van der Waals surface area contributed by atoms with Crippen molar-refractivity contribution in [3.05, 3.63) is 23.5 Å². The predicted molar refractivity (Wildman–Crippen MR) is 59.7 cm³/mol. The van der Waals surface area contributed by atoms with Crippen molar-refractivity contribution in [3.63, 3.8) is 0 Å². The molecular formula is C11H17N3O2. The molecule has 0 saturated heterocycles. The Morgan fingerprint density at radius 2 is 2.44 bits per heavy atom. The van der Waals surface area contributed by atoms with Crippen molar-refractivity contribution >= 4 is 0 Å². The normalized spacial score (nSPS) is 12.4. The van der Waals surface area contributed by atoms with Gasteiger partial charge in [0.15, 0.2) is 0 Å². The molecule has 2 N–H and O–H groups in total. The molecular weight excluding hydrogens is 206 g/mol. The van der Waals surface area contributed by atoms with Gasteiger partial charge in [-0.3, -0.25) is 0 Å². The van der Waals surface area contributed by atoms with Crippen molar-refractivity contribution in [2.45, 2.75) is 12.6 Å². The number of aromatic nitrogens is 1. The van der Waals surface area contributed by atoms with E-state index < -0.39 is 0 Å². The Hall–Kier alpha value is -1.35. The average Bonchev–Trinajstić information content (AvgIpc) is 2.65. The van der Waals surface area contributed by atoms with Crippen molar-refractivity contribution in [1.82, 2.24) is 9.88 Å². The molecule has 5 heteroatoms. The van der Waals surface area contributed by atoms with Crippen LogP contribution in [0.15, 0.2) is 12.3 Å². The summed E-state index contributed by atoms with van der Waals surface area (Å²) >= 11 is 0. The van der Waals surface area contributed by atoms with E-state index in [-0.39, 0.29) is 12.6 Å². The molecule has 0 bridgehead atoms. The number of hydrogen-bond acceptors (Lipinski definition) is 4. The van der Waals surface area contributed by atoms with Gasteiger partial charge in [-0.2, -0.15) is 5.26 Å². The second kappa shape index (κ2) is 6.28. The van der Waals surface area contributed by atoms with Crippen molar-refractivity contribution in [2.75, 3.05) is 20.3 Å². The van der Waals surface area contributed by atoms with Crippen LogP contribution in [-0.4, -0.2) is 36.0 Å². The quantitative estimate of drug-likeness (QED) is 0.712. The van der Waals surface area contributed by atoms with Gasteiger partial charge in [-0.05, 0) is 11.6 Å². The van der Waals surface area contributed by atoms with Gasteiger partial charge >= 0.3 is 0 Å². The molecule has 1 aromatic heterocycles. The Kier molecular flexibility index (Phi) is 4.99. The molecule has 5 nitrogen and oxygen atoms in total. The van der Waals surface area contributed by atoms with Gasteiger partial charge in [0.1, 0.15) is 11.8 Å². The lowest BCUT2D eigenvalue weighted by Crippen LogP contribution is -2.35. The summed E-state index contributed by atoms with van der Waals surface area (Å²) < 4.78 is 6.73. The summed E-state index contributed by atoms with van der Waals surface area (Å²) in [5.74, 6) is 0. The lowest BCUT2D eigenvalue weighted by atomic mass is 10.2. The van der Waals surface area contributed by atoms with Gasteiger partial charge in [-0.1, -0.05) is 0 Å². The number of hydrogen-bond donors (Lipinski definition) is 2. The molecule has 1 unspecified atom stereocenters. The van der Waals surface area contributed by atoms with Crippen molar-refractivity contribution < 1.29 is 9.84 Å². The van der Waals surface area contributed by atoms with E-state index in [0.29, 0.717) is 18.8 Å². The molecule has 0 saturated carbocycles. The molecule has 0 radical (unpaired) electrons. The van der Waals surface area contributed by atoms with E-state index in [2.05, 4.69) is 11.4 Å². The number of rotatable bonds is 6. The Morgan fingerprint density at radius 1 is 1.69 bits per heavy atom. The molecule has 1 atom stereocenters. The second-order valence-corrected chi connectivity index (χ2v) is 3.67. The van der Waals surface area contributed by atoms with Gasteiger partial charge in [-0.15, -0.1) is 0 Å². The minimum absolute atomic E-state index is 0.0335. The first-order valence-corrected chi connectivity index (χ1v) is 5.09. The number of aliphatic hydroxyl groups excluding tert-OH is 1. The highest BCUT2D eigenvalue weighted by molar-refractivity contribution is 5.28. The number of aryl methyl sites for hydroxylation is 1. The second-order valence-electron chi connectivity index (χ2n) is 3.67. The third-order valence-electron chi connectivity index (χ3n) is 2.36. The summed E-state index contributed by atoms with van der Waals surface area (Å²) in [4.78, 5) is 0. The van der Waals surface area contributed by atoms with Gasteiger partial charge in [0.05, 0.1) is 19.3 Å². The van der Waals surface area contributed by atoms with Crippen LogP contribution in [0.5, 0.6) is 0 Å². The van der Waals surface area contributed by atoms with Gasteiger partial charge in [0.25, 0.3) is 0 Å². The van der Waals surface area contributed by atoms with E-state index in [1.807, 2.05) is 19.3 Å². The summed E-state index contributed by atoms with van der Waals surface area (Å²) in [6.07, 6.45) is 1.90. The number of nitrogens with one attached hydrogen (secondary N) is 1. The fourth-order valence-electron chi connectivity index (χ4n) is 1.48. The molecule has 88 valence electrons. The Morgan fingerprint density at radius 3 is 2.94 bits per heavy atom. The van der Waals surface area contributed by atoms with Crippen LogP contribution in [0.2, 0.25) is 0 Å². The first-order chi connectivity index (χ1) is 7.71. The highest BCUT2D eigenvalue weighted by Gasteiger charge is 2.07. The molecule has 1 rings (SSSR count). The minimum Gasteiger partial charge on any atom is -0.395 e. The van der Waals surface area contributed by atoms with Crippen LogP contribution in [0, 0.1) is 11.3 Å². The Labute approximate surface area is 95.3 Å². The van der Waals surface area contributed by atoms with Gasteiger partial charge in [-0.25, -0.2) is 0 Å². The van der Waals surface area contributed by atoms with E-state index in [0.717, 1.165) is 5.56 Å². The van der Waals surface area contributed by atoms with Crippen LogP contribution >= 0.6 is 0 Å². The third kappa shape index (κ3) is 3.35. The smallest absolute Gasteiger partial charge is 0.120 e. The van der Waals surface area contributed by atoms with Crippen molar-refractivity contribution in [3.8, 4) is 6.07 Å². The molecule has 0 spiro atoms. The zero-order valence-electron chi connectivity index (χ0n) is 9.60. The van der Waals surface area contributed by atoms with Crippen LogP contribution in [0.4, 0.5) is 0 Å². The highest BCUT2D eigenvalue weighted by Crippen LogP contribution is 2.05. The lowest BCUT2D eigenvalue weighted by molar-refractivity contribution is 0.128. The average molecular weight is 223 g/mol. The van der Waals surface area contributed by atoms with E-state index in [4.69, 9.17) is 15.1 Å². The van der Waals surface area contributed by atoms with E-state index in [9.17, 15) is 0 Å². The number of ether oxygens (including phenoxy) is 1. The molecule has 0 fully saturated rings. The first kappa shape index (κ1) is 12.7. The van der Waals surface area contributed by atoms with E-state index in [1.165, 1.54) is 0 Å². The van der Waals surface area contributed by atoms with Crippen LogP contribution in [0.3, 0.4) is 0 Å². The maximum absolute atomic E-state index is 9.04. The molecule has 0 aliphatic heterocycles. The molecule has 0 aromatic carbocycles.